The first-order valence-electron chi connectivity index (χ1n) is 7.94. The van der Waals surface area contributed by atoms with Crippen LogP contribution in [0.4, 0.5) is 0 Å². The van der Waals surface area contributed by atoms with Crippen molar-refractivity contribution < 1.29 is 0 Å². The molecule has 0 aromatic rings. The van der Waals surface area contributed by atoms with Crippen LogP contribution in [0.25, 0.3) is 0 Å². The van der Waals surface area contributed by atoms with Crippen molar-refractivity contribution in [1.29, 1.82) is 0 Å². The quantitative estimate of drug-likeness (QED) is 0.819. The number of hydrogen-bond acceptors (Lipinski definition) is 2. The van der Waals surface area contributed by atoms with Gasteiger partial charge in [0.2, 0.25) is 0 Å². The fourth-order valence-electron chi connectivity index (χ4n) is 4.16. The van der Waals surface area contributed by atoms with E-state index in [4.69, 9.17) is 5.73 Å². The third kappa shape index (κ3) is 5.07. The van der Waals surface area contributed by atoms with E-state index in [1.807, 2.05) is 0 Å². The molecular formula is C17H36N2. The van der Waals surface area contributed by atoms with E-state index in [1.54, 1.807) is 0 Å². The van der Waals surface area contributed by atoms with Crippen molar-refractivity contribution >= 4 is 0 Å². The van der Waals surface area contributed by atoms with Crippen LogP contribution in [0.5, 0.6) is 0 Å². The second-order valence-corrected chi connectivity index (χ2v) is 9.00. The number of nitrogens with two attached hydrogens (primary N) is 1. The Bertz CT molecular complexity index is 276. The molecule has 1 aliphatic rings. The summed E-state index contributed by atoms with van der Waals surface area (Å²) in [7, 11) is 0. The van der Waals surface area contributed by atoms with Crippen LogP contribution in [-0.2, 0) is 0 Å². The minimum atomic E-state index is 0.224. The molecule has 1 rings (SSSR count). The summed E-state index contributed by atoms with van der Waals surface area (Å²) in [5, 5.41) is 0. The first kappa shape index (κ1) is 17.0. The summed E-state index contributed by atoms with van der Waals surface area (Å²) < 4.78 is 0. The molecule has 0 aliphatic heterocycles. The van der Waals surface area contributed by atoms with Gasteiger partial charge in [0.25, 0.3) is 0 Å². The van der Waals surface area contributed by atoms with E-state index in [0.717, 1.165) is 25.7 Å². The van der Waals surface area contributed by atoms with Gasteiger partial charge in [0.1, 0.15) is 0 Å². The molecule has 0 bridgehead atoms. The molecule has 0 atom stereocenters. The average Bonchev–Trinajstić information content (AvgIpc) is 2.21. The minimum absolute atomic E-state index is 0.224. The molecule has 1 fully saturated rings. The Hall–Kier alpha value is -0.0800. The van der Waals surface area contributed by atoms with Gasteiger partial charge in [0, 0.05) is 12.6 Å². The van der Waals surface area contributed by atoms with Crippen LogP contribution in [-0.4, -0.2) is 30.6 Å². The topological polar surface area (TPSA) is 29.3 Å². The molecule has 1 saturated carbocycles. The highest BCUT2D eigenvalue weighted by Gasteiger charge is 2.40. The smallest absolute Gasteiger partial charge is 0.0105 e. The zero-order chi connectivity index (χ0) is 14.9. The monoisotopic (exact) mass is 268 g/mol. The van der Waals surface area contributed by atoms with Crippen LogP contribution in [0, 0.1) is 16.2 Å². The summed E-state index contributed by atoms with van der Waals surface area (Å²) in [5.41, 5.74) is 7.07. The van der Waals surface area contributed by atoms with E-state index < -0.39 is 0 Å². The van der Waals surface area contributed by atoms with E-state index in [-0.39, 0.29) is 5.41 Å². The normalized spacial score (nSPS) is 23.8. The minimum Gasteiger partial charge on any atom is -0.330 e. The highest BCUT2D eigenvalue weighted by molar-refractivity contribution is 4.94. The van der Waals surface area contributed by atoms with Crippen molar-refractivity contribution in [2.45, 2.75) is 73.8 Å². The van der Waals surface area contributed by atoms with Crippen LogP contribution in [0.15, 0.2) is 0 Å². The Morgan fingerprint density at radius 3 is 1.95 bits per heavy atom. The molecule has 19 heavy (non-hydrogen) atoms. The molecule has 0 spiro atoms. The average molecular weight is 268 g/mol. The van der Waals surface area contributed by atoms with Crippen molar-refractivity contribution in [2.75, 3.05) is 19.6 Å². The molecule has 114 valence electrons. The first-order chi connectivity index (χ1) is 8.50. The molecule has 2 heteroatoms. The second kappa shape index (κ2) is 5.73. The van der Waals surface area contributed by atoms with E-state index in [1.165, 1.54) is 19.3 Å². The van der Waals surface area contributed by atoms with Gasteiger partial charge in [-0.05, 0) is 48.6 Å². The lowest BCUT2D eigenvalue weighted by Crippen LogP contribution is -2.50. The highest BCUT2D eigenvalue weighted by Crippen LogP contribution is 2.47. The summed E-state index contributed by atoms with van der Waals surface area (Å²) in [6, 6.07) is 0.717. The SMILES string of the molecule is CCN(CC(C)(C)CN)C1CC(C)(C)CC(C)(C)C1. The van der Waals surface area contributed by atoms with Gasteiger partial charge in [-0.25, -0.2) is 0 Å². The Labute approximate surface area is 121 Å². The van der Waals surface area contributed by atoms with Gasteiger partial charge in [-0.1, -0.05) is 48.5 Å². The molecule has 0 aromatic carbocycles. The Balaban J connectivity index is 2.80. The Morgan fingerprint density at radius 2 is 1.58 bits per heavy atom. The fourth-order valence-corrected chi connectivity index (χ4v) is 4.16. The van der Waals surface area contributed by atoms with E-state index in [0.29, 0.717) is 10.8 Å². The van der Waals surface area contributed by atoms with Gasteiger partial charge in [0.15, 0.2) is 0 Å². The lowest BCUT2D eigenvalue weighted by atomic mass is 9.63. The summed E-state index contributed by atoms with van der Waals surface area (Å²) >= 11 is 0. The molecule has 0 aromatic heterocycles. The lowest BCUT2D eigenvalue weighted by Gasteiger charge is -2.49. The predicted octanol–water partition coefficient (Wildman–Crippen LogP) is 3.90. The van der Waals surface area contributed by atoms with Crippen LogP contribution in [0.1, 0.15) is 67.7 Å². The number of nitrogens with zero attached hydrogens (tertiary/aromatic N) is 1. The van der Waals surface area contributed by atoms with Crippen molar-refractivity contribution in [1.82, 2.24) is 4.90 Å². The van der Waals surface area contributed by atoms with Crippen LogP contribution >= 0.6 is 0 Å². The Morgan fingerprint density at radius 1 is 1.11 bits per heavy atom. The Kier molecular flexibility index (Phi) is 5.12. The third-order valence-electron chi connectivity index (χ3n) is 4.64. The summed E-state index contributed by atoms with van der Waals surface area (Å²) in [6.45, 7) is 19.6. The van der Waals surface area contributed by atoms with E-state index in [9.17, 15) is 0 Å². The number of hydrogen-bond donors (Lipinski definition) is 1. The van der Waals surface area contributed by atoms with Crippen molar-refractivity contribution in [3.8, 4) is 0 Å². The predicted molar refractivity (Wildman–Crippen MR) is 85.3 cm³/mol. The molecule has 2 N–H and O–H groups in total. The van der Waals surface area contributed by atoms with Gasteiger partial charge in [-0.15, -0.1) is 0 Å². The van der Waals surface area contributed by atoms with Gasteiger partial charge in [0.05, 0.1) is 0 Å². The molecule has 0 amide bonds. The maximum Gasteiger partial charge on any atom is 0.0105 e. The maximum absolute atomic E-state index is 5.92. The van der Waals surface area contributed by atoms with Gasteiger partial charge in [-0.3, -0.25) is 0 Å². The standard InChI is InChI=1S/C17H36N2/c1-8-19(13-17(6,7)12-18)14-9-15(2,3)11-16(4,5)10-14/h14H,8-13,18H2,1-7H3. The molecule has 0 radical (unpaired) electrons. The van der Waals surface area contributed by atoms with Crippen molar-refractivity contribution in [3.63, 3.8) is 0 Å². The highest BCUT2D eigenvalue weighted by atomic mass is 15.2. The molecular weight excluding hydrogens is 232 g/mol. The first-order valence-corrected chi connectivity index (χ1v) is 7.94. The molecule has 0 heterocycles. The zero-order valence-corrected chi connectivity index (χ0v) is 14.3. The summed E-state index contributed by atoms with van der Waals surface area (Å²) in [6.07, 6.45) is 3.99. The van der Waals surface area contributed by atoms with Crippen LogP contribution in [0.2, 0.25) is 0 Å². The van der Waals surface area contributed by atoms with Crippen molar-refractivity contribution in [2.24, 2.45) is 22.0 Å². The maximum atomic E-state index is 5.92. The summed E-state index contributed by atoms with van der Waals surface area (Å²) in [4.78, 5) is 2.68. The molecule has 0 saturated heterocycles. The van der Waals surface area contributed by atoms with E-state index in [2.05, 4.69) is 53.4 Å². The largest absolute Gasteiger partial charge is 0.330 e. The molecule has 1 aliphatic carbocycles. The third-order valence-corrected chi connectivity index (χ3v) is 4.64. The van der Waals surface area contributed by atoms with Crippen LogP contribution < -0.4 is 5.73 Å². The zero-order valence-electron chi connectivity index (χ0n) is 14.3. The number of rotatable bonds is 5. The summed E-state index contributed by atoms with van der Waals surface area (Å²) in [5.74, 6) is 0. The molecule has 0 unspecified atom stereocenters. The van der Waals surface area contributed by atoms with Gasteiger partial charge in [-0.2, -0.15) is 0 Å². The van der Waals surface area contributed by atoms with Crippen molar-refractivity contribution in [3.05, 3.63) is 0 Å². The van der Waals surface area contributed by atoms with Gasteiger partial charge >= 0.3 is 0 Å². The van der Waals surface area contributed by atoms with Crippen LogP contribution in [0.3, 0.4) is 0 Å². The second-order valence-electron chi connectivity index (χ2n) is 9.00. The van der Waals surface area contributed by atoms with E-state index >= 15 is 0 Å². The lowest BCUT2D eigenvalue weighted by molar-refractivity contribution is 0.0123. The van der Waals surface area contributed by atoms with Gasteiger partial charge < -0.3 is 10.6 Å². The fraction of sp³-hybridized carbons (Fsp3) is 1.00. The molecule has 2 nitrogen and oxygen atoms in total.